The number of guanidine groups is 1. The monoisotopic (exact) mass is 387 g/mol. The molecule has 1 heterocycles. The standard InChI is InChI=1S/C20H25N3O5/c1-21-20(23-12-14-4-6-16(24-2)18(10-14)25-3)22-8-9-26-15-5-7-17-19(11-15)28-13-27-17/h4-7,10-11H,8-9,12-13H2,1-3H3,(H2,21,22,23). The molecule has 8 nitrogen and oxygen atoms in total. The van der Waals surface area contributed by atoms with Crippen molar-refractivity contribution in [1.82, 2.24) is 10.6 Å². The molecule has 2 aromatic carbocycles. The van der Waals surface area contributed by atoms with E-state index < -0.39 is 0 Å². The lowest BCUT2D eigenvalue weighted by Gasteiger charge is -2.14. The smallest absolute Gasteiger partial charge is 0.231 e. The van der Waals surface area contributed by atoms with Crippen LogP contribution in [0.4, 0.5) is 0 Å². The van der Waals surface area contributed by atoms with Crippen LogP contribution in [0.2, 0.25) is 0 Å². The van der Waals surface area contributed by atoms with Gasteiger partial charge in [-0.25, -0.2) is 0 Å². The third-order valence-electron chi connectivity index (χ3n) is 4.14. The van der Waals surface area contributed by atoms with Crippen molar-refractivity contribution < 1.29 is 23.7 Å². The van der Waals surface area contributed by atoms with Gasteiger partial charge in [0.1, 0.15) is 12.4 Å². The number of methoxy groups -OCH3 is 2. The summed E-state index contributed by atoms with van der Waals surface area (Å²) >= 11 is 0. The van der Waals surface area contributed by atoms with Crippen molar-refractivity contribution in [1.29, 1.82) is 0 Å². The number of nitrogens with one attached hydrogen (secondary N) is 2. The van der Waals surface area contributed by atoms with Crippen LogP contribution in [0.25, 0.3) is 0 Å². The summed E-state index contributed by atoms with van der Waals surface area (Å²) in [6, 6.07) is 11.3. The summed E-state index contributed by atoms with van der Waals surface area (Å²) in [7, 11) is 4.96. The van der Waals surface area contributed by atoms with Crippen molar-refractivity contribution in [3.63, 3.8) is 0 Å². The quantitative estimate of drug-likeness (QED) is 0.408. The van der Waals surface area contributed by atoms with Crippen molar-refractivity contribution >= 4 is 5.96 Å². The van der Waals surface area contributed by atoms with Crippen LogP contribution in [0, 0.1) is 0 Å². The highest BCUT2D eigenvalue weighted by atomic mass is 16.7. The highest BCUT2D eigenvalue weighted by Gasteiger charge is 2.13. The van der Waals surface area contributed by atoms with Crippen LogP contribution in [0.15, 0.2) is 41.4 Å². The third kappa shape index (κ3) is 4.91. The lowest BCUT2D eigenvalue weighted by molar-refractivity contribution is 0.173. The predicted molar refractivity (Wildman–Crippen MR) is 106 cm³/mol. The Morgan fingerprint density at radius 2 is 1.82 bits per heavy atom. The van der Waals surface area contributed by atoms with Crippen LogP contribution in [0.1, 0.15) is 5.56 Å². The van der Waals surface area contributed by atoms with Crippen molar-refractivity contribution in [3.8, 4) is 28.7 Å². The Morgan fingerprint density at radius 3 is 2.61 bits per heavy atom. The van der Waals surface area contributed by atoms with Crippen LogP contribution in [0.5, 0.6) is 28.7 Å². The summed E-state index contributed by atoms with van der Waals surface area (Å²) in [6.45, 7) is 1.93. The summed E-state index contributed by atoms with van der Waals surface area (Å²) in [6.07, 6.45) is 0. The molecule has 0 aliphatic carbocycles. The minimum Gasteiger partial charge on any atom is -0.493 e. The minimum atomic E-state index is 0.252. The van der Waals surface area contributed by atoms with Gasteiger partial charge in [0.2, 0.25) is 6.79 Å². The molecule has 28 heavy (non-hydrogen) atoms. The van der Waals surface area contributed by atoms with Gasteiger partial charge in [-0.05, 0) is 29.8 Å². The molecule has 1 aliphatic rings. The largest absolute Gasteiger partial charge is 0.493 e. The first-order chi connectivity index (χ1) is 13.7. The molecule has 0 amide bonds. The van der Waals surface area contributed by atoms with Crippen LogP contribution < -0.4 is 34.3 Å². The van der Waals surface area contributed by atoms with Crippen molar-refractivity contribution in [2.24, 2.45) is 4.99 Å². The highest BCUT2D eigenvalue weighted by Crippen LogP contribution is 2.35. The second-order valence-corrected chi connectivity index (χ2v) is 5.91. The molecule has 2 N–H and O–H groups in total. The molecule has 0 fully saturated rings. The molecule has 0 atom stereocenters. The Labute approximate surface area is 164 Å². The molecule has 1 aliphatic heterocycles. The number of hydrogen-bond acceptors (Lipinski definition) is 6. The fraction of sp³-hybridized carbons (Fsp3) is 0.350. The Morgan fingerprint density at radius 1 is 1.00 bits per heavy atom. The molecule has 0 bridgehead atoms. The zero-order chi connectivity index (χ0) is 19.8. The lowest BCUT2D eigenvalue weighted by Crippen LogP contribution is -2.38. The van der Waals surface area contributed by atoms with E-state index in [4.69, 9.17) is 23.7 Å². The van der Waals surface area contributed by atoms with Crippen LogP contribution in [-0.4, -0.2) is 47.2 Å². The Balaban J connectivity index is 1.42. The minimum absolute atomic E-state index is 0.252. The van der Waals surface area contributed by atoms with Crippen LogP contribution in [-0.2, 0) is 6.54 Å². The van der Waals surface area contributed by atoms with E-state index in [-0.39, 0.29) is 6.79 Å². The van der Waals surface area contributed by atoms with E-state index in [0.717, 1.165) is 17.1 Å². The third-order valence-corrected chi connectivity index (χ3v) is 4.14. The number of aliphatic imine (C=N–C) groups is 1. The lowest BCUT2D eigenvalue weighted by atomic mass is 10.2. The van der Waals surface area contributed by atoms with Crippen molar-refractivity contribution in [3.05, 3.63) is 42.0 Å². The summed E-state index contributed by atoms with van der Waals surface area (Å²) in [4.78, 5) is 4.22. The number of rotatable bonds is 8. The topological polar surface area (TPSA) is 82.6 Å². The normalized spacial score (nSPS) is 12.5. The Bertz CT molecular complexity index is 825. The first-order valence-corrected chi connectivity index (χ1v) is 8.91. The molecule has 0 saturated heterocycles. The van der Waals surface area contributed by atoms with Gasteiger partial charge in [-0.15, -0.1) is 0 Å². The van der Waals surface area contributed by atoms with Crippen molar-refractivity contribution in [2.75, 3.05) is 41.2 Å². The van der Waals surface area contributed by atoms with Gasteiger partial charge >= 0.3 is 0 Å². The first-order valence-electron chi connectivity index (χ1n) is 8.91. The van der Waals surface area contributed by atoms with E-state index in [9.17, 15) is 0 Å². The predicted octanol–water partition coefficient (Wildman–Crippen LogP) is 2.18. The molecule has 0 unspecified atom stereocenters. The van der Waals surface area contributed by atoms with E-state index in [2.05, 4.69) is 15.6 Å². The summed E-state index contributed by atoms with van der Waals surface area (Å²) in [5, 5.41) is 6.47. The number of nitrogens with zero attached hydrogens (tertiary/aromatic N) is 1. The summed E-state index contributed by atoms with van der Waals surface area (Å²) in [5.41, 5.74) is 1.05. The molecule has 3 rings (SSSR count). The van der Waals surface area contributed by atoms with E-state index in [1.165, 1.54) is 0 Å². The zero-order valence-electron chi connectivity index (χ0n) is 16.3. The zero-order valence-corrected chi connectivity index (χ0v) is 16.3. The van der Waals surface area contributed by atoms with Gasteiger partial charge in [0.25, 0.3) is 0 Å². The van der Waals surface area contributed by atoms with Gasteiger partial charge in [-0.2, -0.15) is 0 Å². The van der Waals surface area contributed by atoms with Gasteiger partial charge in [-0.1, -0.05) is 6.07 Å². The SMILES string of the molecule is CN=C(NCCOc1ccc2c(c1)OCO2)NCc1ccc(OC)c(OC)c1. The van der Waals surface area contributed by atoms with E-state index in [1.54, 1.807) is 21.3 Å². The average molecular weight is 387 g/mol. The molecule has 0 saturated carbocycles. The molecular weight excluding hydrogens is 362 g/mol. The number of fused-ring (bicyclic) bond motifs is 1. The Hall–Kier alpha value is -3.29. The molecule has 2 aromatic rings. The van der Waals surface area contributed by atoms with Gasteiger partial charge in [0.05, 0.1) is 20.8 Å². The second-order valence-electron chi connectivity index (χ2n) is 5.91. The molecule has 0 aromatic heterocycles. The van der Waals surface area contributed by atoms with E-state index in [0.29, 0.717) is 42.9 Å². The van der Waals surface area contributed by atoms with Gasteiger partial charge in [0, 0.05) is 19.7 Å². The molecular formula is C20H25N3O5. The molecule has 0 spiro atoms. The van der Waals surface area contributed by atoms with Gasteiger partial charge in [0.15, 0.2) is 29.0 Å². The average Bonchev–Trinajstić information content (AvgIpc) is 3.20. The molecule has 150 valence electrons. The summed E-state index contributed by atoms with van der Waals surface area (Å²) in [5.74, 6) is 4.27. The van der Waals surface area contributed by atoms with Crippen LogP contribution >= 0.6 is 0 Å². The van der Waals surface area contributed by atoms with Crippen molar-refractivity contribution in [2.45, 2.75) is 6.54 Å². The van der Waals surface area contributed by atoms with E-state index in [1.807, 2.05) is 36.4 Å². The highest BCUT2D eigenvalue weighted by molar-refractivity contribution is 5.79. The summed E-state index contributed by atoms with van der Waals surface area (Å²) < 4.78 is 26.9. The molecule has 8 heteroatoms. The fourth-order valence-electron chi connectivity index (χ4n) is 2.70. The number of hydrogen-bond donors (Lipinski definition) is 2. The van der Waals surface area contributed by atoms with Gasteiger partial charge < -0.3 is 34.3 Å². The first kappa shape index (κ1) is 19.5. The molecule has 0 radical (unpaired) electrons. The maximum atomic E-state index is 5.73. The van der Waals surface area contributed by atoms with Crippen LogP contribution in [0.3, 0.4) is 0 Å². The maximum Gasteiger partial charge on any atom is 0.231 e. The number of ether oxygens (including phenoxy) is 5. The number of benzene rings is 2. The van der Waals surface area contributed by atoms with E-state index >= 15 is 0 Å². The maximum absolute atomic E-state index is 5.73. The second kappa shape index (κ2) is 9.59. The fourth-order valence-corrected chi connectivity index (χ4v) is 2.70. The van der Waals surface area contributed by atoms with Gasteiger partial charge in [-0.3, -0.25) is 4.99 Å². The Kier molecular flexibility index (Phi) is 6.67.